The van der Waals surface area contributed by atoms with Gasteiger partial charge in [-0.15, -0.1) is 0 Å². The van der Waals surface area contributed by atoms with E-state index in [9.17, 15) is 0 Å². The molecule has 0 heterocycles. The van der Waals surface area contributed by atoms with Crippen molar-refractivity contribution < 1.29 is 9.47 Å². The third-order valence-electron chi connectivity index (χ3n) is 1.44. The smallest absolute Gasteiger partial charge is 0.219 e. The van der Waals surface area contributed by atoms with Gasteiger partial charge in [0.1, 0.15) is 5.75 Å². The van der Waals surface area contributed by atoms with E-state index >= 15 is 0 Å². The lowest BCUT2D eigenvalue weighted by atomic mass is 10.3. The van der Waals surface area contributed by atoms with Crippen molar-refractivity contribution >= 4 is 21.8 Å². The van der Waals surface area contributed by atoms with Gasteiger partial charge in [-0.3, -0.25) is 5.41 Å². The molecule has 70 valence electrons. The number of hydrogen-bond acceptors (Lipinski definition) is 3. The predicted molar refractivity (Wildman–Crippen MR) is 54.4 cm³/mol. The van der Waals surface area contributed by atoms with Crippen molar-refractivity contribution in [2.24, 2.45) is 0 Å². The van der Waals surface area contributed by atoms with Crippen LogP contribution in [0.15, 0.2) is 28.7 Å². The van der Waals surface area contributed by atoms with Crippen LogP contribution < -0.4 is 4.74 Å². The number of halogens is 1. The Morgan fingerprint density at radius 3 is 2.77 bits per heavy atom. The highest BCUT2D eigenvalue weighted by Gasteiger charge is 2.00. The molecule has 0 atom stereocenters. The summed E-state index contributed by atoms with van der Waals surface area (Å²) < 4.78 is 10.8. The fourth-order valence-electron chi connectivity index (χ4n) is 0.764. The van der Waals surface area contributed by atoms with Gasteiger partial charge in [-0.05, 0) is 28.1 Å². The van der Waals surface area contributed by atoms with E-state index in [0.29, 0.717) is 5.75 Å². The first-order valence-corrected chi connectivity index (χ1v) is 4.52. The van der Waals surface area contributed by atoms with E-state index in [4.69, 9.17) is 10.1 Å². The summed E-state index contributed by atoms with van der Waals surface area (Å²) in [6.45, 7) is 0.152. The number of benzene rings is 1. The molecule has 0 fully saturated rings. The first kappa shape index (κ1) is 10.1. The molecule has 0 saturated heterocycles. The maximum absolute atomic E-state index is 7.19. The molecule has 0 amide bonds. The second-order valence-electron chi connectivity index (χ2n) is 2.35. The Labute approximate surface area is 85.3 Å². The Morgan fingerprint density at radius 2 is 2.15 bits per heavy atom. The SMILES string of the molecule is COC(=N)COc1ccccc1Br. The van der Waals surface area contributed by atoms with Crippen LogP contribution >= 0.6 is 15.9 Å². The third-order valence-corrected chi connectivity index (χ3v) is 2.10. The van der Waals surface area contributed by atoms with Crippen LogP contribution in [0.2, 0.25) is 0 Å². The largest absolute Gasteiger partial charge is 0.483 e. The van der Waals surface area contributed by atoms with Crippen LogP contribution in [0, 0.1) is 5.41 Å². The summed E-state index contributed by atoms with van der Waals surface area (Å²) >= 11 is 3.33. The Balaban J connectivity index is 2.54. The number of rotatable bonds is 3. The Bertz CT molecular complexity index is 301. The molecule has 0 aromatic heterocycles. The molecule has 1 N–H and O–H groups in total. The van der Waals surface area contributed by atoms with Crippen molar-refractivity contribution in [3.05, 3.63) is 28.7 Å². The lowest BCUT2D eigenvalue weighted by molar-refractivity contribution is 0.308. The van der Waals surface area contributed by atoms with Crippen molar-refractivity contribution in [3.63, 3.8) is 0 Å². The number of methoxy groups -OCH3 is 1. The molecule has 0 radical (unpaired) electrons. The van der Waals surface area contributed by atoms with Crippen LogP contribution in [0.3, 0.4) is 0 Å². The van der Waals surface area contributed by atoms with E-state index in [2.05, 4.69) is 20.7 Å². The molecule has 0 saturated carbocycles. The van der Waals surface area contributed by atoms with Gasteiger partial charge in [0.15, 0.2) is 6.61 Å². The molecule has 3 nitrogen and oxygen atoms in total. The number of para-hydroxylation sites is 1. The number of ether oxygens (including phenoxy) is 2. The average molecular weight is 244 g/mol. The topological polar surface area (TPSA) is 42.3 Å². The molecule has 0 unspecified atom stereocenters. The highest BCUT2D eigenvalue weighted by Crippen LogP contribution is 2.23. The minimum absolute atomic E-state index is 0.107. The summed E-state index contributed by atoms with van der Waals surface area (Å²) in [6.07, 6.45) is 0. The van der Waals surface area contributed by atoms with Crippen LogP contribution in [-0.4, -0.2) is 19.6 Å². The quantitative estimate of drug-likeness (QED) is 0.655. The van der Waals surface area contributed by atoms with Crippen LogP contribution in [-0.2, 0) is 4.74 Å². The molecule has 0 spiro atoms. The molecule has 0 aliphatic carbocycles. The van der Waals surface area contributed by atoms with Crippen molar-refractivity contribution in [3.8, 4) is 5.75 Å². The van der Waals surface area contributed by atoms with Gasteiger partial charge in [0.05, 0.1) is 11.6 Å². The van der Waals surface area contributed by atoms with Gasteiger partial charge in [0.2, 0.25) is 5.90 Å². The van der Waals surface area contributed by atoms with Crippen molar-refractivity contribution in [2.45, 2.75) is 0 Å². The van der Waals surface area contributed by atoms with Gasteiger partial charge in [-0.1, -0.05) is 12.1 Å². The predicted octanol–water partition coefficient (Wildman–Crippen LogP) is 2.45. The zero-order valence-electron chi connectivity index (χ0n) is 7.21. The van der Waals surface area contributed by atoms with E-state index < -0.39 is 0 Å². The van der Waals surface area contributed by atoms with Gasteiger partial charge in [0, 0.05) is 0 Å². The first-order valence-electron chi connectivity index (χ1n) is 3.73. The van der Waals surface area contributed by atoms with Crippen molar-refractivity contribution in [1.82, 2.24) is 0 Å². The highest BCUT2D eigenvalue weighted by molar-refractivity contribution is 9.10. The minimum atomic E-state index is 0.107. The summed E-state index contributed by atoms with van der Waals surface area (Å²) in [7, 11) is 1.45. The van der Waals surface area contributed by atoms with Crippen LogP contribution in [0.25, 0.3) is 0 Å². The highest BCUT2D eigenvalue weighted by atomic mass is 79.9. The molecule has 0 aliphatic rings. The van der Waals surface area contributed by atoms with Gasteiger partial charge in [0.25, 0.3) is 0 Å². The average Bonchev–Trinajstić information content (AvgIpc) is 2.16. The van der Waals surface area contributed by atoms with E-state index in [-0.39, 0.29) is 12.5 Å². The second-order valence-corrected chi connectivity index (χ2v) is 3.20. The van der Waals surface area contributed by atoms with E-state index in [1.165, 1.54) is 7.11 Å². The van der Waals surface area contributed by atoms with Crippen LogP contribution in [0.5, 0.6) is 5.75 Å². The number of hydrogen-bond donors (Lipinski definition) is 1. The van der Waals surface area contributed by atoms with Gasteiger partial charge >= 0.3 is 0 Å². The lowest BCUT2D eigenvalue weighted by Crippen LogP contribution is -2.11. The standard InChI is InChI=1S/C9H10BrNO2/c1-12-9(11)6-13-8-5-3-2-4-7(8)10/h2-5,11H,6H2,1H3. The normalized spacial score (nSPS) is 9.38. The summed E-state index contributed by atoms with van der Waals surface area (Å²) in [6, 6.07) is 7.48. The van der Waals surface area contributed by atoms with Crippen LogP contribution in [0.1, 0.15) is 0 Å². The molecule has 1 rings (SSSR count). The Kier molecular flexibility index (Phi) is 3.76. The molecule has 1 aromatic carbocycles. The number of nitrogens with one attached hydrogen (secondary N) is 1. The fourth-order valence-corrected chi connectivity index (χ4v) is 1.16. The first-order chi connectivity index (χ1) is 6.24. The molecule has 4 heteroatoms. The summed E-state index contributed by atoms with van der Waals surface area (Å²) in [5.74, 6) is 0.819. The summed E-state index contributed by atoms with van der Waals surface area (Å²) in [5, 5.41) is 7.19. The molecular weight excluding hydrogens is 234 g/mol. The molecule has 13 heavy (non-hydrogen) atoms. The minimum Gasteiger partial charge on any atom is -0.483 e. The molecule has 0 aliphatic heterocycles. The van der Waals surface area contributed by atoms with E-state index in [0.717, 1.165) is 4.47 Å². The maximum Gasteiger partial charge on any atom is 0.219 e. The van der Waals surface area contributed by atoms with Crippen molar-refractivity contribution in [2.75, 3.05) is 13.7 Å². The summed E-state index contributed by atoms with van der Waals surface area (Å²) in [5.41, 5.74) is 0. The maximum atomic E-state index is 7.19. The Morgan fingerprint density at radius 1 is 1.46 bits per heavy atom. The lowest BCUT2D eigenvalue weighted by Gasteiger charge is -2.07. The zero-order chi connectivity index (χ0) is 9.68. The molecule has 1 aromatic rings. The fraction of sp³-hybridized carbons (Fsp3) is 0.222. The van der Waals surface area contributed by atoms with Gasteiger partial charge in [-0.25, -0.2) is 0 Å². The van der Waals surface area contributed by atoms with Crippen LogP contribution in [0.4, 0.5) is 0 Å². The second kappa shape index (κ2) is 4.87. The Hall–Kier alpha value is -1.03. The van der Waals surface area contributed by atoms with E-state index in [1.54, 1.807) is 0 Å². The van der Waals surface area contributed by atoms with Gasteiger partial charge < -0.3 is 9.47 Å². The zero-order valence-corrected chi connectivity index (χ0v) is 8.80. The van der Waals surface area contributed by atoms with Crippen molar-refractivity contribution in [1.29, 1.82) is 5.41 Å². The summed E-state index contributed by atoms with van der Waals surface area (Å²) in [4.78, 5) is 0. The van der Waals surface area contributed by atoms with E-state index in [1.807, 2.05) is 24.3 Å². The monoisotopic (exact) mass is 243 g/mol. The molecular formula is C9H10BrNO2. The van der Waals surface area contributed by atoms with Gasteiger partial charge in [-0.2, -0.15) is 0 Å². The molecule has 0 bridgehead atoms. The third kappa shape index (κ3) is 3.06.